The zero-order valence-corrected chi connectivity index (χ0v) is 19.2. The number of nitriles is 2. The zero-order chi connectivity index (χ0) is 25.3. The van der Waals surface area contributed by atoms with Crippen molar-refractivity contribution in [3.8, 4) is 23.3 Å². The first-order valence-corrected chi connectivity index (χ1v) is 11.3. The minimum Gasteiger partial charge on any atom is -0.394 e. The summed E-state index contributed by atoms with van der Waals surface area (Å²) in [5, 5.41) is 39.4. The predicted molar refractivity (Wildman–Crippen MR) is 125 cm³/mol. The van der Waals surface area contributed by atoms with Gasteiger partial charge in [0, 0.05) is 23.1 Å². The van der Waals surface area contributed by atoms with E-state index in [1.165, 1.54) is 0 Å². The highest BCUT2D eigenvalue weighted by Gasteiger charge is 2.35. The highest BCUT2D eigenvalue weighted by molar-refractivity contribution is 7.99. The van der Waals surface area contributed by atoms with Gasteiger partial charge >= 0.3 is 5.69 Å². The summed E-state index contributed by atoms with van der Waals surface area (Å²) >= 11 is 1.14. The summed E-state index contributed by atoms with van der Waals surface area (Å²) in [5.41, 5.74) is 4.95. The van der Waals surface area contributed by atoms with Gasteiger partial charge in [-0.2, -0.15) is 10.5 Å². The molecule has 1 unspecified atom stereocenters. The largest absolute Gasteiger partial charge is 0.394 e. The van der Waals surface area contributed by atoms with Crippen LogP contribution in [0, 0.1) is 29.6 Å². The third kappa shape index (κ3) is 4.56. The van der Waals surface area contributed by atoms with E-state index in [4.69, 9.17) is 10.5 Å². The molecule has 2 aromatic heterocycles. The van der Waals surface area contributed by atoms with Gasteiger partial charge in [-0.25, -0.2) is 9.78 Å². The lowest BCUT2D eigenvalue weighted by atomic mass is 9.99. The Kier molecular flexibility index (Phi) is 6.73. The van der Waals surface area contributed by atoms with Crippen LogP contribution in [0.1, 0.15) is 29.3 Å². The number of H-pyrrole nitrogens is 1. The number of nitrogens with two attached hydrogens (primary N) is 1. The number of hydrogen-bond acceptors (Lipinski definition) is 10. The molecule has 5 N–H and O–H groups in total. The van der Waals surface area contributed by atoms with E-state index >= 15 is 0 Å². The fourth-order valence-corrected chi connectivity index (χ4v) is 4.68. The van der Waals surface area contributed by atoms with Crippen molar-refractivity contribution in [1.29, 1.82) is 10.5 Å². The second-order valence-electron chi connectivity index (χ2n) is 7.89. The van der Waals surface area contributed by atoms with Gasteiger partial charge in [-0.15, -0.1) is 0 Å². The summed E-state index contributed by atoms with van der Waals surface area (Å²) in [5.74, 6) is -0.179. The van der Waals surface area contributed by atoms with E-state index in [1.807, 2.05) is 43.3 Å². The summed E-state index contributed by atoms with van der Waals surface area (Å²) in [6.07, 6.45) is -1.76. The Balaban J connectivity index is 1.91. The second kappa shape index (κ2) is 9.74. The van der Waals surface area contributed by atoms with Gasteiger partial charge in [0.15, 0.2) is 0 Å². The third-order valence-electron chi connectivity index (χ3n) is 5.58. The molecule has 12 heteroatoms. The van der Waals surface area contributed by atoms with E-state index in [1.54, 1.807) is 0 Å². The Labute approximate surface area is 203 Å². The number of aromatic nitrogens is 3. The quantitative estimate of drug-likeness (QED) is 0.400. The van der Waals surface area contributed by atoms with Gasteiger partial charge in [0.2, 0.25) is 0 Å². The Bertz CT molecular complexity index is 1480. The van der Waals surface area contributed by atoms with Crippen LogP contribution in [-0.2, 0) is 4.74 Å². The molecule has 11 nitrogen and oxygen atoms in total. The topological polar surface area (TPSA) is 191 Å². The van der Waals surface area contributed by atoms with Crippen LogP contribution in [0.3, 0.4) is 0 Å². The van der Waals surface area contributed by atoms with E-state index in [2.05, 4.69) is 9.97 Å². The van der Waals surface area contributed by atoms with Crippen LogP contribution >= 0.6 is 11.8 Å². The molecule has 4 rings (SSSR count). The predicted octanol–water partition coefficient (Wildman–Crippen LogP) is 1.02. The number of aliphatic hydroxyl groups is 2. The lowest BCUT2D eigenvalue weighted by Gasteiger charge is -2.17. The van der Waals surface area contributed by atoms with E-state index in [0.29, 0.717) is 0 Å². The second-order valence-corrected chi connectivity index (χ2v) is 8.95. The summed E-state index contributed by atoms with van der Waals surface area (Å²) in [6.45, 7) is 1.47. The number of nitrogens with zero attached hydrogens (tertiary/aromatic N) is 4. The Morgan fingerprint density at radius 3 is 2.54 bits per heavy atom. The van der Waals surface area contributed by atoms with Crippen molar-refractivity contribution < 1.29 is 14.9 Å². The molecule has 3 atom stereocenters. The lowest BCUT2D eigenvalue weighted by molar-refractivity contribution is -0.0458. The van der Waals surface area contributed by atoms with Crippen molar-refractivity contribution >= 4 is 17.6 Å². The molecule has 1 fully saturated rings. The number of rotatable bonds is 5. The number of benzene rings is 1. The molecule has 0 saturated carbocycles. The molecular weight excluding hydrogens is 472 g/mol. The van der Waals surface area contributed by atoms with Crippen LogP contribution < -0.4 is 17.0 Å². The van der Waals surface area contributed by atoms with Gasteiger partial charge < -0.3 is 20.7 Å². The molecule has 35 heavy (non-hydrogen) atoms. The maximum atomic E-state index is 12.9. The van der Waals surface area contributed by atoms with Crippen molar-refractivity contribution in [2.45, 2.75) is 41.7 Å². The number of aliphatic hydroxyl groups excluding tert-OH is 2. The molecule has 0 radical (unpaired) electrons. The molecule has 0 spiro atoms. The van der Waals surface area contributed by atoms with Crippen molar-refractivity contribution in [2.24, 2.45) is 0 Å². The number of pyridine rings is 1. The minimum absolute atomic E-state index is 0.0140. The van der Waals surface area contributed by atoms with Gasteiger partial charge in [-0.3, -0.25) is 14.3 Å². The van der Waals surface area contributed by atoms with Crippen molar-refractivity contribution in [3.05, 3.63) is 68.0 Å². The molecule has 1 aliphatic rings. The van der Waals surface area contributed by atoms with Crippen LogP contribution in [0.25, 0.3) is 11.1 Å². The van der Waals surface area contributed by atoms with E-state index in [-0.39, 0.29) is 39.5 Å². The molecule has 3 heterocycles. The lowest BCUT2D eigenvalue weighted by Crippen LogP contribution is -2.33. The average molecular weight is 493 g/mol. The minimum atomic E-state index is -1.02. The number of hydrogen-bond donors (Lipinski definition) is 4. The number of anilines is 1. The normalized spacial score (nSPS) is 19.3. The summed E-state index contributed by atoms with van der Waals surface area (Å²) < 4.78 is 6.58. The highest BCUT2D eigenvalue weighted by Crippen LogP contribution is 2.37. The van der Waals surface area contributed by atoms with Gasteiger partial charge in [-0.1, -0.05) is 29.5 Å². The molecule has 0 bridgehead atoms. The Hall–Kier alpha value is -3.94. The van der Waals surface area contributed by atoms with Gasteiger partial charge in [0.25, 0.3) is 5.56 Å². The molecular formula is C23H20N6O5S. The van der Waals surface area contributed by atoms with Crippen LogP contribution in [0.15, 0.2) is 50.0 Å². The number of nitrogens with one attached hydrogen (secondary N) is 1. The van der Waals surface area contributed by atoms with E-state index < -0.39 is 36.3 Å². The Morgan fingerprint density at radius 2 is 1.94 bits per heavy atom. The van der Waals surface area contributed by atoms with Crippen molar-refractivity contribution in [2.75, 3.05) is 12.3 Å². The highest BCUT2D eigenvalue weighted by atomic mass is 32.2. The van der Waals surface area contributed by atoms with Crippen LogP contribution in [0.5, 0.6) is 0 Å². The molecule has 1 aromatic carbocycles. The number of aromatic amines is 1. The van der Waals surface area contributed by atoms with Gasteiger partial charge in [0.1, 0.15) is 40.9 Å². The number of aryl methyl sites for hydroxylation is 1. The first kappa shape index (κ1) is 24.2. The Morgan fingerprint density at radius 1 is 1.26 bits per heavy atom. The van der Waals surface area contributed by atoms with Crippen LogP contribution in [0.2, 0.25) is 0 Å². The number of ether oxygens (including phenoxy) is 1. The van der Waals surface area contributed by atoms with Crippen molar-refractivity contribution in [3.63, 3.8) is 0 Å². The molecule has 3 aromatic rings. The van der Waals surface area contributed by atoms with Crippen molar-refractivity contribution in [1.82, 2.24) is 14.5 Å². The standard InChI is InChI=1S/C23H20N6O5S/c1-11-2-4-12(5-3-11)35-22-14(8-25)19(13(7-24)20(26)27-22)15-9-29(23(33)28-21(15)32)18-6-16(31)17(10-30)34-18/h2-5,9,16-18,30-31H,6,10H2,1H3,(H2,26,27)(H,28,32,33)/t16?,17-,18-/m1/s1. The maximum absolute atomic E-state index is 12.9. The molecule has 0 amide bonds. The van der Waals surface area contributed by atoms with Gasteiger partial charge in [0.05, 0.1) is 23.8 Å². The maximum Gasteiger partial charge on any atom is 0.330 e. The third-order valence-corrected chi connectivity index (χ3v) is 6.58. The number of nitrogen functional groups attached to an aromatic ring is 1. The summed E-state index contributed by atoms with van der Waals surface area (Å²) in [4.78, 5) is 32.6. The van der Waals surface area contributed by atoms with Crippen LogP contribution in [0.4, 0.5) is 5.82 Å². The first-order chi connectivity index (χ1) is 16.8. The fraction of sp³-hybridized carbons (Fsp3) is 0.261. The summed E-state index contributed by atoms with van der Waals surface area (Å²) in [6, 6.07) is 11.4. The fourth-order valence-electron chi connectivity index (χ4n) is 3.79. The van der Waals surface area contributed by atoms with Crippen LogP contribution in [-0.4, -0.2) is 43.6 Å². The van der Waals surface area contributed by atoms with Gasteiger partial charge in [-0.05, 0) is 19.1 Å². The summed E-state index contributed by atoms with van der Waals surface area (Å²) in [7, 11) is 0. The monoisotopic (exact) mass is 492 g/mol. The zero-order valence-electron chi connectivity index (χ0n) is 18.4. The molecule has 1 saturated heterocycles. The smallest absolute Gasteiger partial charge is 0.330 e. The van der Waals surface area contributed by atoms with E-state index in [0.717, 1.165) is 33.0 Å². The molecule has 0 aliphatic carbocycles. The first-order valence-electron chi connectivity index (χ1n) is 10.5. The average Bonchev–Trinajstić information content (AvgIpc) is 3.20. The van der Waals surface area contributed by atoms with E-state index in [9.17, 15) is 30.3 Å². The SMILES string of the molecule is Cc1ccc(Sc2nc(N)c(C#N)c(-c3cn([C@H]4CC(O)[C@@H](CO)O4)c(=O)[nH]c3=O)c2C#N)cc1. The molecule has 178 valence electrons. The molecule has 1 aliphatic heterocycles.